The van der Waals surface area contributed by atoms with E-state index in [4.69, 9.17) is 14.5 Å². The summed E-state index contributed by atoms with van der Waals surface area (Å²) in [6.07, 6.45) is 2.68. The molecule has 4 nitrogen and oxygen atoms in total. The SMILES string of the molecule is C=CCc1ccc(OCCn2c(-c3ccc(C)cc3)nc3ccccc32)c(OC)c1. The van der Waals surface area contributed by atoms with E-state index in [9.17, 15) is 0 Å². The highest BCUT2D eigenvalue weighted by molar-refractivity contribution is 5.80. The van der Waals surface area contributed by atoms with Crippen LogP contribution in [0.15, 0.2) is 79.4 Å². The molecule has 0 fully saturated rings. The first-order chi connectivity index (χ1) is 14.7. The summed E-state index contributed by atoms with van der Waals surface area (Å²) < 4.78 is 13.8. The molecule has 0 spiro atoms. The molecule has 0 saturated heterocycles. The number of nitrogens with zero attached hydrogens (tertiary/aromatic N) is 2. The lowest BCUT2D eigenvalue weighted by Crippen LogP contribution is -2.10. The molecular weight excluding hydrogens is 372 g/mol. The Morgan fingerprint density at radius 2 is 1.80 bits per heavy atom. The predicted octanol–water partition coefficient (Wildman–Crippen LogP) is 5.83. The van der Waals surface area contributed by atoms with Gasteiger partial charge < -0.3 is 14.0 Å². The number of rotatable bonds is 8. The van der Waals surface area contributed by atoms with E-state index in [2.05, 4.69) is 48.4 Å². The van der Waals surface area contributed by atoms with Gasteiger partial charge in [0.15, 0.2) is 11.5 Å². The Hall–Kier alpha value is -3.53. The van der Waals surface area contributed by atoms with Gasteiger partial charge in [0.05, 0.1) is 24.7 Å². The molecule has 0 radical (unpaired) electrons. The molecule has 0 unspecified atom stereocenters. The number of hydrogen-bond donors (Lipinski definition) is 0. The van der Waals surface area contributed by atoms with E-state index in [-0.39, 0.29) is 0 Å². The highest BCUT2D eigenvalue weighted by atomic mass is 16.5. The Kier molecular flexibility index (Phi) is 5.84. The van der Waals surface area contributed by atoms with Crippen molar-refractivity contribution in [2.45, 2.75) is 19.9 Å². The van der Waals surface area contributed by atoms with Crippen molar-refractivity contribution in [3.63, 3.8) is 0 Å². The summed E-state index contributed by atoms with van der Waals surface area (Å²) in [6, 6.07) is 22.7. The maximum Gasteiger partial charge on any atom is 0.161 e. The lowest BCUT2D eigenvalue weighted by Gasteiger charge is -2.14. The molecule has 3 aromatic carbocycles. The minimum Gasteiger partial charge on any atom is -0.493 e. The summed E-state index contributed by atoms with van der Waals surface area (Å²) in [5.74, 6) is 2.43. The van der Waals surface area contributed by atoms with E-state index in [0.717, 1.165) is 45.9 Å². The first kappa shape index (κ1) is 19.8. The van der Waals surface area contributed by atoms with Crippen molar-refractivity contribution in [1.29, 1.82) is 0 Å². The second kappa shape index (κ2) is 8.87. The van der Waals surface area contributed by atoms with Crippen LogP contribution in [-0.4, -0.2) is 23.3 Å². The van der Waals surface area contributed by atoms with E-state index < -0.39 is 0 Å². The minimum absolute atomic E-state index is 0.510. The van der Waals surface area contributed by atoms with E-state index in [1.807, 2.05) is 42.5 Å². The van der Waals surface area contributed by atoms with Crippen LogP contribution in [0.2, 0.25) is 0 Å². The van der Waals surface area contributed by atoms with Gasteiger partial charge in [-0.2, -0.15) is 0 Å². The van der Waals surface area contributed by atoms with Gasteiger partial charge in [-0.15, -0.1) is 6.58 Å². The van der Waals surface area contributed by atoms with Gasteiger partial charge in [0.1, 0.15) is 12.4 Å². The van der Waals surface area contributed by atoms with Crippen molar-refractivity contribution >= 4 is 11.0 Å². The maximum atomic E-state index is 6.09. The lowest BCUT2D eigenvalue weighted by molar-refractivity contribution is 0.281. The van der Waals surface area contributed by atoms with Crippen molar-refractivity contribution in [2.24, 2.45) is 0 Å². The third-order valence-electron chi connectivity index (χ3n) is 5.14. The molecule has 0 bridgehead atoms. The summed E-state index contributed by atoms with van der Waals surface area (Å²) in [6.45, 7) is 7.08. The number of aromatic nitrogens is 2. The molecule has 0 saturated carbocycles. The van der Waals surface area contributed by atoms with Crippen molar-refractivity contribution in [2.75, 3.05) is 13.7 Å². The van der Waals surface area contributed by atoms with Crippen molar-refractivity contribution < 1.29 is 9.47 Å². The van der Waals surface area contributed by atoms with Crippen LogP contribution in [0, 0.1) is 6.92 Å². The molecule has 152 valence electrons. The van der Waals surface area contributed by atoms with Crippen LogP contribution in [-0.2, 0) is 13.0 Å². The number of benzene rings is 3. The molecular formula is C26H26N2O2. The second-order valence-electron chi connectivity index (χ2n) is 7.27. The zero-order valence-corrected chi connectivity index (χ0v) is 17.5. The number of methoxy groups -OCH3 is 1. The first-order valence-electron chi connectivity index (χ1n) is 10.1. The quantitative estimate of drug-likeness (QED) is 0.351. The standard InChI is InChI=1S/C26H26N2O2/c1-4-7-20-12-15-24(25(18-20)29-3)30-17-16-28-23-9-6-5-8-22(23)27-26(28)21-13-10-19(2)11-14-21/h4-6,8-15,18H,1,7,16-17H2,2-3H3. The van der Waals surface area contributed by atoms with Crippen molar-refractivity contribution in [3.05, 3.63) is 90.5 Å². The normalized spacial score (nSPS) is 10.9. The van der Waals surface area contributed by atoms with E-state index >= 15 is 0 Å². The summed E-state index contributed by atoms with van der Waals surface area (Å²) in [5, 5.41) is 0. The maximum absolute atomic E-state index is 6.09. The molecule has 0 amide bonds. The summed E-state index contributed by atoms with van der Waals surface area (Å²) in [4.78, 5) is 4.88. The Balaban J connectivity index is 1.59. The highest BCUT2D eigenvalue weighted by Crippen LogP contribution is 2.29. The summed E-state index contributed by atoms with van der Waals surface area (Å²) >= 11 is 0. The fourth-order valence-corrected chi connectivity index (χ4v) is 3.60. The molecule has 4 aromatic rings. The van der Waals surface area contributed by atoms with Crippen molar-refractivity contribution in [3.8, 4) is 22.9 Å². The number of imidazole rings is 1. The fraction of sp³-hybridized carbons (Fsp3) is 0.192. The summed E-state index contributed by atoms with van der Waals surface area (Å²) in [5.41, 5.74) is 5.57. The van der Waals surface area contributed by atoms with Crippen molar-refractivity contribution in [1.82, 2.24) is 9.55 Å². The van der Waals surface area contributed by atoms with Crippen LogP contribution < -0.4 is 9.47 Å². The number of allylic oxidation sites excluding steroid dienone is 1. The lowest BCUT2D eigenvalue weighted by atomic mass is 10.1. The molecule has 1 aromatic heterocycles. The molecule has 0 atom stereocenters. The van der Waals surface area contributed by atoms with Gasteiger partial charge in [-0.3, -0.25) is 0 Å². The van der Waals surface area contributed by atoms with Gasteiger partial charge >= 0.3 is 0 Å². The summed E-state index contributed by atoms with van der Waals surface area (Å²) in [7, 11) is 1.67. The van der Waals surface area contributed by atoms with Gasteiger partial charge in [-0.25, -0.2) is 4.98 Å². The molecule has 1 heterocycles. The molecule has 4 heteroatoms. The fourth-order valence-electron chi connectivity index (χ4n) is 3.60. The predicted molar refractivity (Wildman–Crippen MR) is 122 cm³/mol. The van der Waals surface area contributed by atoms with E-state index in [1.54, 1.807) is 7.11 Å². The Morgan fingerprint density at radius 1 is 1.00 bits per heavy atom. The Bertz CT molecular complexity index is 1160. The Morgan fingerprint density at radius 3 is 2.57 bits per heavy atom. The largest absolute Gasteiger partial charge is 0.493 e. The zero-order valence-electron chi connectivity index (χ0n) is 17.5. The smallest absolute Gasteiger partial charge is 0.161 e. The average Bonchev–Trinajstić information content (AvgIpc) is 3.14. The van der Waals surface area contributed by atoms with Gasteiger partial charge in [0.2, 0.25) is 0 Å². The third kappa shape index (κ3) is 4.08. The molecule has 0 N–H and O–H groups in total. The van der Waals surface area contributed by atoms with Gasteiger partial charge in [-0.05, 0) is 43.2 Å². The van der Waals surface area contributed by atoms with E-state index in [0.29, 0.717) is 13.2 Å². The third-order valence-corrected chi connectivity index (χ3v) is 5.14. The molecule has 0 aliphatic rings. The molecule has 0 aliphatic carbocycles. The number of fused-ring (bicyclic) bond motifs is 1. The molecule has 0 aliphatic heterocycles. The minimum atomic E-state index is 0.510. The van der Waals surface area contributed by atoms with Crippen LogP contribution in [0.4, 0.5) is 0 Å². The van der Waals surface area contributed by atoms with Crippen LogP contribution in [0.5, 0.6) is 11.5 Å². The monoisotopic (exact) mass is 398 g/mol. The number of hydrogen-bond acceptors (Lipinski definition) is 3. The Labute approximate surface area is 177 Å². The highest BCUT2D eigenvalue weighted by Gasteiger charge is 2.13. The number of aryl methyl sites for hydroxylation is 1. The van der Waals surface area contributed by atoms with Crippen LogP contribution >= 0.6 is 0 Å². The van der Waals surface area contributed by atoms with Gasteiger partial charge in [0.25, 0.3) is 0 Å². The first-order valence-corrected chi connectivity index (χ1v) is 10.1. The topological polar surface area (TPSA) is 36.3 Å². The van der Waals surface area contributed by atoms with Crippen LogP contribution in [0.1, 0.15) is 11.1 Å². The van der Waals surface area contributed by atoms with E-state index in [1.165, 1.54) is 5.56 Å². The molecule has 30 heavy (non-hydrogen) atoms. The van der Waals surface area contributed by atoms with Crippen LogP contribution in [0.3, 0.4) is 0 Å². The average molecular weight is 399 g/mol. The number of para-hydroxylation sites is 2. The second-order valence-corrected chi connectivity index (χ2v) is 7.27. The zero-order chi connectivity index (χ0) is 20.9. The van der Waals surface area contributed by atoms with Gasteiger partial charge in [-0.1, -0.05) is 54.1 Å². The molecule has 4 rings (SSSR count). The van der Waals surface area contributed by atoms with Gasteiger partial charge in [0, 0.05) is 5.56 Å². The number of ether oxygens (including phenoxy) is 2. The van der Waals surface area contributed by atoms with Crippen LogP contribution in [0.25, 0.3) is 22.4 Å².